The number of nitrogens with zero attached hydrogens (tertiary/aromatic N) is 1. The van der Waals surface area contributed by atoms with Crippen molar-refractivity contribution in [2.45, 2.75) is 51.4 Å². The van der Waals surface area contributed by atoms with Crippen LogP contribution in [0.15, 0.2) is 0 Å². The SMILES string of the molecule is N#CCCCNCCCC1CCCC1. The summed E-state index contributed by atoms with van der Waals surface area (Å²) in [5.41, 5.74) is 0. The molecule has 0 unspecified atom stereocenters. The van der Waals surface area contributed by atoms with Crippen LogP contribution in [0.3, 0.4) is 0 Å². The highest BCUT2D eigenvalue weighted by atomic mass is 14.8. The van der Waals surface area contributed by atoms with E-state index in [1.807, 2.05) is 0 Å². The smallest absolute Gasteiger partial charge is 0.0622 e. The zero-order valence-corrected chi connectivity index (χ0v) is 9.10. The van der Waals surface area contributed by atoms with Gasteiger partial charge in [-0.2, -0.15) is 5.26 Å². The van der Waals surface area contributed by atoms with E-state index in [1.54, 1.807) is 0 Å². The first-order chi connectivity index (χ1) is 6.93. The molecule has 0 radical (unpaired) electrons. The van der Waals surface area contributed by atoms with Gasteiger partial charge in [0, 0.05) is 6.42 Å². The molecule has 0 atom stereocenters. The van der Waals surface area contributed by atoms with Crippen molar-refractivity contribution in [3.63, 3.8) is 0 Å². The molecule has 0 spiro atoms. The van der Waals surface area contributed by atoms with E-state index < -0.39 is 0 Å². The summed E-state index contributed by atoms with van der Waals surface area (Å²) in [5.74, 6) is 1.02. The molecule has 14 heavy (non-hydrogen) atoms. The molecule has 1 aliphatic carbocycles. The number of hydrogen-bond acceptors (Lipinski definition) is 2. The monoisotopic (exact) mass is 194 g/mol. The quantitative estimate of drug-likeness (QED) is 0.633. The second-order valence-electron chi connectivity index (χ2n) is 4.30. The van der Waals surface area contributed by atoms with Crippen LogP contribution in [-0.2, 0) is 0 Å². The maximum Gasteiger partial charge on any atom is 0.0622 e. The Morgan fingerprint density at radius 1 is 1.14 bits per heavy atom. The maximum absolute atomic E-state index is 8.33. The van der Waals surface area contributed by atoms with E-state index >= 15 is 0 Å². The second kappa shape index (κ2) is 7.82. The van der Waals surface area contributed by atoms with Crippen LogP contribution < -0.4 is 5.32 Å². The summed E-state index contributed by atoms with van der Waals surface area (Å²) >= 11 is 0. The van der Waals surface area contributed by atoms with Gasteiger partial charge >= 0.3 is 0 Å². The average Bonchev–Trinajstić information content (AvgIpc) is 2.69. The Kier molecular flexibility index (Phi) is 6.43. The van der Waals surface area contributed by atoms with Crippen molar-refractivity contribution in [3.8, 4) is 6.07 Å². The van der Waals surface area contributed by atoms with Crippen LogP contribution in [0.1, 0.15) is 51.4 Å². The average molecular weight is 194 g/mol. The van der Waals surface area contributed by atoms with E-state index in [9.17, 15) is 0 Å². The molecule has 0 bridgehead atoms. The summed E-state index contributed by atoms with van der Waals surface area (Å²) in [6.45, 7) is 2.15. The van der Waals surface area contributed by atoms with E-state index in [4.69, 9.17) is 5.26 Å². The first-order valence-corrected chi connectivity index (χ1v) is 6.01. The standard InChI is InChI=1S/C12H22N2/c13-9-3-4-10-14-11-5-8-12-6-1-2-7-12/h12,14H,1-8,10-11H2. The summed E-state index contributed by atoms with van der Waals surface area (Å²) < 4.78 is 0. The third-order valence-electron chi connectivity index (χ3n) is 3.08. The van der Waals surface area contributed by atoms with Crippen LogP contribution in [0.25, 0.3) is 0 Å². The van der Waals surface area contributed by atoms with Gasteiger partial charge in [-0.3, -0.25) is 0 Å². The van der Waals surface area contributed by atoms with Gasteiger partial charge in [-0.1, -0.05) is 25.7 Å². The Labute approximate surface area is 87.7 Å². The normalized spacial score (nSPS) is 17.1. The number of nitrogens with one attached hydrogen (secondary N) is 1. The third kappa shape index (κ3) is 5.24. The van der Waals surface area contributed by atoms with Gasteiger partial charge in [0.2, 0.25) is 0 Å². The molecule has 0 amide bonds. The lowest BCUT2D eigenvalue weighted by Gasteiger charge is -2.08. The maximum atomic E-state index is 8.33. The lowest BCUT2D eigenvalue weighted by atomic mass is 10.0. The van der Waals surface area contributed by atoms with Gasteiger partial charge in [0.05, 0.1) is 6.07 Å². The number of unbranched alkanes of at least 4 members (excludes halogenated alkanes) is 1. The minimum Gasteiger partial charge on any atom is -0.317 e. The van der Waals surface area contributed by atoms with Gasteiger partial charge in [-0.25, -0.2) is 0 Å². The van der Waals surface area contributed by atoms with Gasteiger partial charge in [0.1, 0.15) is 0 Å². The van der Waals surface area contributed by atoms with Crippen molar-refractivity contribution >= 4 is 0 Å². The van der Waals surface area contributed by atoms with Crippen LogP contribution >= 0.6 is 0 Å². The zero-order valence-electron chi connectivity index (χ0n) is 9.10. The van der Waals surface area contributed by atoms with Crippen molar-refractivity contribution < 1.29 is 0 Å². The van der Waals surface area contributed by atoms with Gasteiger partial charge in [-0.05, 0) is 38.3 Å². The fraction of sp³-hybridized carbons (Fsp3) is 0.917. The van der Waals surface area contributed by atoms with Gasteiger partial charge < -0.3 is 5.32 Å². The number of hydrogen-bond donors (Lipinski definition) is 1. The molecular weight excluding hydrogens is 172 g/mol. The molecule has 80 valence electrons. The highest BCUT2D eigenvalue weighted by molar-refractivity contribution is 4.69. The van der Waals surface area contributed by atoms with Crippen LogP contribution in [0, 0.1) is 17.2 Å². The molecule has 2 heteroatoms. The molecule has 0 saturated heterocycles. The molecule has 1 N–H and O–H groups in total. The first-order valence-electron chi connectivity index (χ1n) is 6.01. The zero-order chi connectivity index (χ0) is 10.1. The molecule has 1 saturated carbocycles. The van der Waals surface area contributed by atoms with Crippen LogP contribution in [0.2, 0.25) is 0 Å². The summed E-state index contributed by atoms with van der Waals surface area (Å²) in [6.07, 6.45) is 10.3. The van der Waals surface area contributed by atoms with Crippen molar-refractivity contribution in [2.75, 3.05) is 13.1 Å². The van der Waals surface area contributed by atoms with Crippen LogP contribution in [0.4, 0.5) is 0 Å². The largest absolute Gasteiger partial charge is 0.317 e. The second-order valence-corrected chi connectivity index (χ2v) is 4.30. The number of nitriles is 1. The summed E-state index contributed by atoms with van der Waals surface area (Å²) in [4.78, 5) is 0. The highest BCUT2D eigenvalue weighted by Gasteiger charge is 2.13. The van der Waals surface area contributed by atoms with E-state index in [1.165, 1.54) is 38.5 Å². The van der Waals surface area contributed by atoms with E-state index in [0.717, 1.165) is 25.4 Å². The first kappa shape index (κ1) is 11.5. The Bertz CT molecular complexity index is 166. The summed E-state index contributed by atoms with van der Waals surface area (Å²) in [5, 5.41) is 11.7. The van der Waals surface area contributed by atoms with Crippen molar-refractivity contribution in [3.05, 3.63) is 0 Å². The van der Waals surface area contributed by atoms with Crippen molar-refractivity contribution in [2.24, 2.45) is 5.92 Å². The Hall–Kier alpha value is -0.550. The topological polar surface area (TPSA) is 35.8 Å². The fourth-order valence-corrected chi connectivity index (χ4v) is 2.23. The lowest BCUT2D eigenvalue weighted by molar-refractivity contribution is 0.470. The summed E-state index contributed by atoms with van der Waals surface area (Å²) in [7, 11) is 0. The summed E-state index contributed by atoms with van der Waals surface area (Å²) in [6, 6.07) is 2.16. The fourth-order valence-electron chi connectivity index (χ4n) is 2.23. The molecule has 0 aromatic carbocycles. The molecule has 0 aliphatic heterocycles. The lowest BCUT2D eigenvalue weighted by Crippen LogP contribution is -2.17. The molecule has 1 aliphatic rings. The molecule has 0 heterocycles. The van der Waals surface area contributed by atoms with Crippen LogP contribution in [0.5, 0.6) is 0 Å². The van der Waals surface area contributed by atoms with Crippen LogP contribution in [-0.4, -0.2) is 13.1 Å². The predicted molar refractivity (Wildman–Crippen MR) is 58.9 cm³/mol. The minimum atomic E-state index is 0.690. The Morgan fingerprint density at radius 3 is 2.57 bits per heavy atom. The van der Waals surface area contributed by atoms with Crippen molar-refractivity contribution in [1.82, 2.24) is 5.32 Å². The molecule has 1 rings (SSSR count). The Balaban J connectivity index is 1.78. The van der Waals surface area contributed by atoms with E-state index in [0.29, 0.717) is 6.42 Å². The molecule has 0 aromatic heterocycles. The molecular formula is C12H22N2. The molecule has 0 aromatic rings. The van der Waals surface area contributed by atoms with E-state index in [-0.39, 0.29) is 0 Å². The van der Waals surface area contributed by atoms with E-state index in [2.05, 4.69) is 11.4 Å². The third-order valence-corrected chi connectivity index (χ3v) is 3.08. The minimum absolute atomic E-state index is 0.690. The van der Waals surface area contributed by atoms with Gasteiger partial charge in [0.15, 0.2) is 0 Å². The van der Waals surface area contributed by atoms with Gasteiger partial charge in [-0.15, -0.1) is 0 Å². The highest BCUT2D eigenvalue weighted by Crippen LogP contribution is 2.28. The van der Waals surface area contributed by atoms with Crippen molar-refractivity contribution in [1.29, 1.82) is 5.26 Å². The predicted octanol–water partition coefficient (Wildman–Crippen LogP) is 2.85. The Morgan fingerprint density at radius 2 is 1.86 bits per heavy atom. The number of rotatable bonds is 7. The van der Waals surface area contributed by atoms with Gasteiger partial charge in [0.25, 0.3) is 0 Å². The molecule has 1 fully saturated rings. The molecule has 2 nitrogen and oxygen atoms in total.